The summed E-state index contributed by atoms with van der Waals surface area (Å²) in [4.78, 5) is 1.17. The number of benzene rings is 1. The summed E-state index contributed by atoms with van der Waals surface area (Å²) in [5.41, 5.74) is 0.911. The molecule has 0 saturated carbocycles. The van der Waals surface area contributed by atoms with Crippen LogP contribution >= 0.6 is 11.8 Å². The molecule has 0 aliphatic carbocycles. The van der Waals surface area contributed by atoms with Gasteiger partial charge in [0.2, 0.25) is 0 Å². The smallest absolute Gasteiger partial charge is 0.0971 e. The van der Waals surface area contributed by atoms with Crippen molar-refractivity contribution in [1.82, 2.24) is 0 Å². The molecule has 2 atom stereocenters. The molecule has 1 N–H and O–H groups in total. The fourth-order valence-corrected chi connectivity index (χ4v) is 2.18. The Morgan fingerprint density at radius 3 is 2.47 bits per heavy atom. The first-order valence-electron chi connectivity index (χ1n) is 5.94. The molecular weight excluding hydrogens is 230 g/mol. The predicted molar refractivity (Wildman–Crippen MR) is 72.1 cm³/mol. The molecule has 2 unspecified atom stereocenters. The van der Waals surface area contributed by atoms with Crippen molar-refractivity contribution in [1.29, 1.82) is 5.26 Å². The average molecular weight is 249 g/mol. The molecule has 92 valence electrons. The molecule has 0 aliphatic heterocycles. The van der Waals surface area contributed by atoms with E-state index in [4.69, 9.17) is 5.26 Å². The minimum absolute atomic E-state index is 0.405. The van der Waals surface area contributed by atoms with Crippen molar-refractivity contribution >= 4 is 11.8 Å². The first-order valence-corrected chi connectivity index (χ1v) is 7.17. The molecule has 1 aromatic rings. The minimum atomic E-state index is -0.555. The Kier molecular flexibility index (Phi) is 6.10. The van der Waals surface area contributed by atoms with Gasteiger partial charge in [0.1, 0.15) is 0 Å². The van der Waals surface area contributed by atoms with E-state index >= 15 is 0 Å². The number of aliphatic hydroxyl groups excluding tert-OH is 1. The third-order valence-electron chi connectivity index (χ3n) is 2.85. The van der Waals surface area contributed by atoms with Crippen LogP contribution in [0.25, 0.3) is 0 Å². The van der Waals surface area contributed by atoms with E-state index in [0.29, 0.717) is 6.42 Å². The predicted octanol–water partition coefficient (Wildman–Crippen LogP) is 3.57. The van der Waals surface area contributed by atoms with Crippen LogP contribution in [-0.2, 0) is 0 Å². The van der Waals surface area contributed by atoms with Crippen LogP contribution in [0.5, 0.6) is 0 Å². The lowest BCUT2D eigenvalue weighted by Gasteiger charge is -2.16. The average Bonchev–Trinajstić information content (AvgIpc) is 2.38. The summed E-state index contributed by atoms with van der Waals surface area (Å²) in [5, 5.41) is 19.2. The van der Waals surface area contributed by atoms with Gasteiger partial charge in [-0.25, -0.2) is 0 Å². The zero-order valence-electron chi connectivity index (χ0n) is 10.4. The summed E-state index contributed by atoms with van der Waals surface area (Å²) in [6, 6.07) is 10.1. The Morgan fingerprint density at radius 2 is 2.00 bits per heavy atom. The number of aliphatic hydroxyl groups is 1. The van der Waals surface area contributed by atoms with Crippen molar-refractivity contribution in [3.8, 4) is 6.07 Å². The number of nitrogens with zero attached hydrogens (tertiary/aromatic N) is 1. The van der Waals surface area contributed by atoms with Gasteiger partial charge in [0, 0.05) is 4.90 Å². The van der Waals surface area contributed by atoms with Crippen molar-refractivity contribution in [2.75, 3.05) is 6.26 Å². The Hall–Kier alpha value is -0.980. The van der Waals surface area contributed by atoms with E-state index in [2.05, 4.69) is 13.0 Å². The van der Waals surface area contributed by atoms with Crippen molar-refractivity contribution in [3.05, 3.63) is 29.8 Å². The molecule has 0 fully saturated rings. The molecular formula is C14H19NOS. The van der Waals surface area contributed by atoms with Crippen LogP contribution in [0.1, 0.15) is 37.7 Å². The van der Waals surface area contributed by atoms with E-state index in [0.717, 1.165) is 18.4 Å². The highest BCUT2D eigenvalue weighted by Crippen LogP contribution is 2.24. The first-order chi connectivity index (χ1) is 8.22. The Morgan fingerprint density at radius 1 is 1.35 bits per heavy atom. The zero-order chi connectivity index (χ0) is 12.7. The summed E-state index contributed by atoms with van der Waals surface area (Å²) >= 11 is 1.67. The molecule has 0 saturated heterocycles. The van der Waals surface area contributed by atoms with E-state index in [1.165, 1.54) is 4.90 Å². The number of nitriles is 1. The highest BCUT2D eigenvalue weighted by atomic mass is 32.2. The molecule has 2 nitrogen and oxygen atoms in total. The van der Waals surface area contributed by atoms with Crippen molar-refractivity contribution in [2.45, 2.75) is 43.1 Å². The van der Waals surface area contributed by atoms with Gasteiger partial charge in [-0.2, -0.15) is 5.26 Å². The largest absolute Gasteiger partial charge is 0.391 e. The standard InChI is InChI=1S/C14H19NOS/c1-3-4-5-14(16)13(10-15)11-6-8-12(17-2)9-7-11/h6-9,13-14,16H,3-5H2,1-2H3. The molecule has 1 aromatic carbocycles. The summed E-state index contributed by atoms with van der Waals surface area (Å²) in [5.74, 6) is -0.405. The number of rotatable bonds is 6. The Bertz CT molecular complexity index is 369. The van der Waals surface area contributed by atoms with Crippen LogP contribution in [0.4, 0.5) is 0 Å². The Balaban J connectivity index is 2.75. The van der Waals surface area contributed by atoms with Gasteiger partial charge < -0.3 is 5.11 Å². The lowest BCUT2D eigenvalue weighted by Crippen LogP contribution is -2.17. The number of unbranched alkanes of at least 4 members (excludes halogenated alkanes) is 1. The molecule has 1 rings (SSSR count). The second-order valence-corrected chi connectivity index (χ2v) is 4.97. The van der Waals surface area contributed by atoms with Crippen LogP contribution in [0.2, 0.25) is 0 Å². The van der Waals surface area contributed by atoms with Gasteiger partial charge in [-0.3, -0.25) is 0 Å². The van der Waals surface area contributed by atoms with Gasteiger partial charge in [-0.15, -0.1) is 11.8 Å². The van der Waals surface area contributed by atoms with Gasteiger partial charge in [-0.05, 0) is 30.4 Å². The lowest BCUT2D eigenvalue weighted by atomic mass is 9.92. The highest BCUT2D eigenvalue weighted by Gasteiger charge is 2.20. The van der Waals surface area contributed by atoms with Gasteiger partial charge in [0.15, 0.2) is 0 Å². The molecule has 0 heterocycles. The third-order valence-corrected chi connectivity index (χ3v) is 3.60. The maximum Gasteiger partial charge on any atom is 0.0971 e. The topological polar surface area (TPSA) is 44.0 Å². The SMILES string of the molecule is CCCCC(O)C(C#N)c1ccc(SC)cc1. The van der Waals surface area contributed by atoms with Gasteiger partial charge in [-0.1, -0.05) is 31.9 Å². The fourth-order valence-electron chi connectivity index (χ4n) is 1.77. The highest BCUT2D eigenvalue weighted by molar-refractivity contribution is 7.98. The summed E-state index contributed by atoms with van der Waals surface area (Å²) in [6.07, 6.45) is 4.16. The monoisotopic (exact) mass is 249 g/mol. The van der Waals surface area contributed by atoms with Gasteiger partial charge in [0.25, 0.3) is 0 Å². The second kappa shape index (κ2) is 7.37. The van der Waals surface area contributed by atoms with Crippen LogP contribution in [0.15, 0.2) is 29.2 Å². The van der Waals surface area contributed by atoms with Crippen molar-refractivity contribution < 1.29 is 5.11 Å². The third kappa shape index (κ3) is 4.07. The Labute approximate surface area is 108 Å². The van der Waals surface area contributed by atoms with E-state index in [9.17, 15) is 5.11 Å². The van der Waals surface area contributed by atoms with Crippen LogP contribution in [0, 0.1) is 11.3 Å². The minimum Gasteiger partial charge on any atom is -0.391 e. The quantitative estimate of drug-likeness (QED) is 0.784. The molecule has 0 bridgehead atoms. The number of hydrogen-bond donors (Lipinski definition) is 1. The second-order valence-electron chi connectivity index (χ2n) is 4.09. The molecule has 0 aliphatic rings. The maximum absolute atomic E-state index is 9.99. The summed E-state index contributed by atoms with van der Waals surface area (Å²) in [7, 11) is 0. The molecule has 3 heteroatoms. The number of thioether (sulfide) groups is 1. The van der Waals surface area contributed by atoms with Crippen LogP contribution in [-0.4, -0.2) is 17.5 Å². The lowest BCUT2D eigenvalue weighted by molar-refractivity contribution is 0.148. The van der Waals surface area contributed by atoms with E-state index < -0.39 is 12.0 Å². The normalized spacial score (nSPS) is 14.0. The number of hydrogen-bond acceptors (Lipinski definition) is 3. The van der Waals surface area contributed by atoms with Crippen molar-refractivity contribution in [2.24, 2.45) is 0 Å². The van der Waals surface area contributed by atoms with E-state index in [1.807, 2.05) is 30.5 Å². The van der Waals surface area contributed by atoms with Crippen LogP contribution in [0.3, 0.4) is 0 Å². The van der Waals surface area contributed by atoms with Gasteiger partial charge in [0.05, 0.1) is 18.1 Å². The maximum atomic E-state index is 9.99. The zero-order valence-corrected chi connectivity index (χ0v) is 11.2. The van der Waals surface area contributed by atoms with E-state index in [1.54, 1.807) is 11.8 Å². The van der Waals surface area contributed by atoms with Crippen LogP contribution < -0.4 is 0 Å². The summed E-state index contributed by atoms with van der Waals surface area (Å²) < 4.78 is 0. The molecule has 0 spiro atoms. The summed E-state index contributed by atoms with van der Waals surface area (Å²) in [6.45, 7) is 2.08. The molecule has 0 aromatic heterocycles. The molecule has 0 radical (unpaired) electrons. The molecule has 0 amide bonds. The van der Waals surface area contributed by atoms with Gasteiger partial charge >= 0.3 is 0 Å². The fraction of sp³-hybridized carbons (Fsp3) is 0.500. The first kappa shape index (κ1) is 14.1. The molecule has 17 heavy (non-hydrogen) atoms. The van der Waals surface area contributed by atoms with Crippen molar-refractivity contribution in [3.63, 3.8) is 0 Å². The van der Waals surface area contributed by atoms with E-state index in [-0.39, 0.29) is 0 Å².